The van der Waals surface area contributed by atoms with Gasteiger partial charge in [-0.3, -0.25) is 9.39 Å². The fourth-order valence-electron chi connectivity index (χ4n) is 3.12. The van der Waals surface area contributed by atoms with Gasteiger partial charge in [0.25, 0.3) is 0 Å². The molecule has 0 N–H and O–H groups in total. The topological polar surface area (TPSA) is 42.5 Å². The monoisotopic (exact) mass is 258 g/mol. The van der Waals surface area contributed by atoms with E-state index in [4.69, 9.17) is 4.99 Å². The van der Waals surface area contributed by atoms with Crippen molar-refractivity contribution in [1.29, 1.82) is 0 Å². The Bertz CT molecular complexity index is 959. The highest BCUT2D eigenvalue weighted by atomic mass is 15.1. The minimum absolute atomic E-state index is 0.213. The van der Waals surface area contributed by atoms with Gasteiger partial charge in [-0.1, -0.05) is 18.2 Å². The van der Waals surface area contributed by atoms with Crippen LogP contribution in [0, 0.1) is 0 Å². The number of hydrogen-bond donors (Lipinski definition) is 0. The number of aliphatic imine (C=N–C) groups is 1. The van der Waals surface area contributed by atoms with E-state index in [0.29, 0.717) is 0 Å². The van der Waals surface area contributed by atoms with Crippen molar-refractivity contribution in [2.75, 3.05) is 0 Å². The molecule has 0 bridgehead atoms. The van der Waals surface area contributed by atoms with Crippen LogP contribution in [0.3, 0.4) is 0 Å². The summed E-state index contributed by atoms with van der Waals surface area (Å²) >= 11 is 0. The number of imidazole rings is 1. The molecule has 0 amide bonds. The zero-order chi connectivity index (χ0) is 13.1. The first-order valence-corrected chi connectivity index (χ1v) is 6.60. The maximum atomic E-state index is 4.82. The molecule has 3 aromatic rings. The molecule has 0 spiro atoms. The van der Waals surface area contributed by atoms with Crippen molar-refractivity contribution in [3.8, 4) is 0 Å². The van der Waals surface area contributed by atoms with Gasteiger partial charge in [-0.2, -0.15) is 0 Å². The molecule has 1 unspecified atom stereocenters. The van der Waals surface area contributed by atoms with Gasteiger partial charge in [0, 0.05) is 29.5 Å². The minimum Gasteiger partial charge on any atom is -0.284 e. The van der Waals surface area contributed by atoms with Gasteiger partial charge in [-0.15, -0.1) is 0 Å². The van der Waals surface area contributed by atoms with Crippen LogP contribution in [-0.4, -0.2) is 20.1 Å². The number of rotatable bonds is 0. The molecule has 94 valence electrons. The van der Waals surface area contributed by atoms with Crippen molar-refractivity contribution in [1.82, 2.24) is 14.4 Å². The fraction of sp³-hybridized carbons (Fsp3) is 0.0625. The molecule has 2 aliphatic rings. The average molecular weight is 258 g/mol. The summed E-state index contributed by atoms with van der Waals surface area (Å²) in [5.41, 5.74) is 5.16. The first kappa shape index (κ1) is 10.1. The van der Waals surface area contributed by atoms with E-state index in [-0.39, 0.29) is 5.92 Å². The van der Waals surface area contributed by atoms with Crippen molar-refractivity contribution < 1.29 is 0 Å². The van der Waals surface area contributed by atoms with Crippen molar-refractivity contribution in [3.05, 3.63) is 60.6 Å². The fourth-order valence-corrected chi connectivity index (χ4v) is 3.12. The zero-order valence-electron chi connectivity index (χ0n) is 10.6. The molecule has 0 radical (unpaired) electrons. The van der Waals surface area contributed by atoms with Crippen LogP contribution in [0.5, 0.6) is 0 Å². The van der Waals surface area contributed by atoms with E-state index in [0.717, 1.165) is 28.1 Å². The van der Waals surface area contributed by atoms with Gasteiger partial charge in [0.1, 0.15) is 11.3 Å². The largest absolute Gasteiger partial charge is 0.284 e. The van der Waals surface area contributed by atoms with E-state index < -0.39 is 0 Å². The summed E-state index contributed by atoms with van der Waals surface area (Å²) in [6.45, 7) is 0. The highest BCUT2D eigenvalue weighted by molar-refractivity contribution is 6.13. The number of nitrogens with zero attached hydrogens (tertiary/aromatic N) is 4. The van der Waals surface area contributed by atoms with Crippen LogP contribution in [0.1, 0.15) is 11.5 Å². The minimum atomic E-state index is 0.213. The van der Waals surface area contributed by atoms with Crippen molar-refractivity contribution in [2.24, 2.45) is 4.99 Å². The van der Waals surface area contributed by atoms with Crippen LogP contribution >= 0.6 is 0 Å². The van der Waals surface area contributed by atoms with Gasteiger partial charge in [-0.05, 0) is 18.2 Å². The normalized spacial score (nSPS) is 19.4. The summed E-state index contributed by atoms with van der Waals surface area (Å²) in [6.07, 6.45) is 14.0. The molecule has 0 saturated carbocycles. The molecule has 4 nitrogen and oxygen atoms in total. The quantitative estimate of drug-likeness (QED) is 0.621. The van der Waals surface area contributed by atoms with Crippen LogP contribution in [0.25, 0.3) is 16.7 Å². The third-order valence-corrected chi connectivity index (χ3v) is 3.96. The van der Waals surface area contributed by atoms with E-state index in [1.165, 1.54) is 5.56 Å². The Morgan fingerprint density at radius 1 is 1.05 bits per heavy atom. The zero-order valence-corrected chi connectivity index (χ0v) is 10.6. The van der Waals surface area contributed by atoms with Gasteiger partial charge in [0.15, 0.2) is 0 Å². The lowest BCUT2D eigenvalue weighted by Crippen LogP contribution is -2.06. The van der Waals surface area contributed by atoms with E-state index in [2.05, 4.69) is 38.7 Å². The molecule has 0 aromatic carbocycles. The second-order valence-electron chi connectivity index (χ2n) is 5.02. The van der Waals surface area contributed by atoms with Crippen molar-refractivity contribution >= 4 is 28.1 Å². The molecular weight excluding hydrogens is 248 g/mol. The molecule has 3 aromatic heterocycles. The second-order valence-corrected chi connectivity index (χ2v) is 5.02. The lowest BCUT2D eigenvalue weighted by Gasteiger charge is -2.12. The highest BCUT2D eigenvalue weighted by Crippen LogP contribution is 2.44. The molecule has 20 heavy (non-hydrogen) atoms. The maximum Gasteiger partial charge on any atom is 0.147 e. The number of fused-ring (bicyclic) bond motifs is 8. The number of aromatic nitrogens is 3. The van der Waals surface area contributed by atoms with Gasteiger partial charge < -0.3 is 0 Å². The van der Waals surface area contributed by atoms with Gasteiger partial charge in [0.2, 0.25) is 0 Å². The predicted molar refractivity (Wildman–Crippen MR) is 78.6 cm³/mol. The Hall–Kier alpha value is -2.75. The van der Waals surface area contributed by atoms with Crippen LogP contribution in [0.2, 0.25) is 0 Å². The SMILES string of the molecule is C1=CC2=Nc3c(c4nccn4c4ncccc34)C2C=C1. The first-order chi connectivity index (χ1) is 9.93. The molecule has 1 aliphatic heterocycles. The molecule has 5 rings (SSSR count). The molecule has 1 atom stereocenters. The summed E-state index contributed by atoms with van der Waals surface area (Å²) in [5.74, 6) is 0.213. The van der Waals surface area contributed by atoms with E-state index in [9.17, 15) is 0 Å². The summed E-state index contributed by atoms with van der Waals surface area (Å²) < 4.78 is 2.05. The molecular formula is C16H10N4. The van der Waals surface area contributed by atoms with E-state index >= 15 is 0 Å². The lowest BCUT2D eigenvalue weighted by atomic mass is 9.92. The first-order valence-electron chi connectivity index (χ1n) is 6.60. The number of hydrogen-bond acceptors (Lipinski definition) is 3. The number of pyridine rings is 2. The Balaban J connectivity index is 2.03. The van der Waals surface area contributed by atoms with Crippen LogP contribution in [-0.2, 0) is 0 Å². The molecule has 0 fully saturated rings. The Labute approximate surface area is 114 Å². The van der Waals surface area contributed by atoms with E-state index in [1.807, 2.05) is 30.7 Å². The lowest BCUT2D eigenvalue weighted by molar-refractivity contribution is 1.12. The van der Waals surface area contributed by atoms with Crippen molar-refractivity contribution in [2.45, 2.75) is 5.92 Å². The average Bonchev–Trinajstić information content (AvgIpc) is 3.11. The van der Waals surface area contributed by atoms with E-state index in [1.54, 1.807) is 0 Å². The Morgan fingerprint density at radius 2 is 2.00 bits per heavy atom. The van der Waals surface area contributed by atoms with Gasteiger partial charge in [-0.25, -0.2) is 9.97 Å². The third-order valence-electron chi connectivity index (χ3n) is 3.96. The van der Waals surface area contributed by atoms with Gasteiger partial charge in [0.05, 0.1) is 17.3 Å². The maximum absolute atomic E-state index is 4.82. The molecule has 4 heteroatoms. The van der Waals surface area contributed by atoms with Gasteiger partial charge >= 0.3 is 0 Å². The summed E-state index contributed by atoms with van der Waals surface area (Å²) in [5, 5.41) is 1.08. The molecule has 0 saturated heterocycles. The molecule has 4 heterocycles. The number of allylic oxidation sites excluding steroid dienone is 4. The smallest absolute Gasteiger partial charge is 0.147 e. The van der Waals surface area contributed by atoms with Crippen molar-refractivity contribution in [3.63, 3.8) is 0 Å². The molecule has 1 aliphatic carbocycles. The van der Waals surface area contributed by atoms with Crippen LogP contribution < -0.4 is 0 Å². The standard InChI is InChI=1S/C16H10N4/c1-2-6-12-10(4-1)13-14(19-12)11-5-3-7-17-15(11)20-9-8-18-16(13)20/h1-10H. The Morgan fingerprint density at radius 3 is 3.00 bits per heavy atom. The summed E-state index contributed by atoms with van der Waals surface area (Å²) in [7, 11) is 0. The third kappa shape index (κ3) is 1.09. The second kappa shape index (κ2) is 3.42. The van der Waals surface area contributed by atoms with Crippen LogP contribution in [0.4, 0.5) is 5.69 Å². The summed E-state index contributed by atoms with van der Waals surface area (Å²) in [4.78, 5) is 13.8. The highest BCUT2D eigenvalue weighted by Gasteiger charge is 2.30. The van der Waals surface area contributed by atoms with Crippen LogP contribution in [0.15, 0.2) is 60.0 Å². The summed E-state index contributed by atoms with van der Waals surface area (Å²) in [6, 6.07) is 4.04. The Kier molecular flexibility index (Phi) is 1.72. The predicted octanol–water partition coefficient (Wildman–Crippen LogP) is 3.18.